The molecule has 0 saturated carbocycles. The van der Waals surface area contributed by atoms with E-state index in [1.807, 2.05) is 79.7 Å². The van der Waals surface area contributed by atoms with Crippen molar-refractivity contribution in [1.29, 1.82) is 0 Å². The number of aliphatic imine (C=N–C) groups is 1. The molecule has 0 bridgehead atoms. The topological polar surface area (TPSA) is 51.1 Å². The van der Waals surface area contributed by atoms with Crippen LogP contribution in [0.3, 0.4) is 0 Å². The predicted molar refractivity (Wildman–Crippen MR) is 146 cm³/mol. The number of ether oxygens (including phenoxy) is 2. The Labute approximate surface area is 220 Å². The summed E-state index contributed by atoms with van der Waals surface area (Å²) in [5.41, 5.74) is 2.66. The number of carbonyl (C=O) groups excluding carboxylic acids is 1. The minimum absolute atomic E-state index is 0.0865. The first kappa shape index (κ1) is 24.6. The molecule has 1 heterocycles. The fraction of sp³-hybridized carbons (Fsp3) is 0.154. The monoisotopic (exact) mass is 600 g/mol. The van der Waals surface area contributed by atoms with Gasteiger partial charge in [-0.25, -0.2) is 4.99 Å². The second-order valence-electron chi connectivity index (χ2n) is 7.33. The van der Waals surface area contributed by atoms with E-state index in [0.717, 1.165) is 37.3 Å². The van der Waals surface area contributed by atoms with Crippen LogP contribution in [0.2, 0.25) is 0 Å². The highest BCUT2D eigenvalue weighted by Gasteiger charge is 2.33. The Hall–Kier alpha value is -2.55. The van der Waals surface area contributed by atoms with E-state index in [4.69, 9.17) is 14.5 Å². The van der Waals surface area contributed by atoms with Gasteiger partial charge in [0.25, 0.3) is 5.91 Å². The van der Waals surface area contributed by atoms with E-state index in [2.05, 4.69) is 31.9 Å². The summed E-state index contributed by atoms with van der Waals surface area (Å²) >= 11 is 8.50. The Morgan fingerprint density at radius 3 is 2.32 bits per heavy atom. The molecule has 0 spiro atoms. The molecular weight excluding hydrogens is 580 g/mol. The smallest absolute Gasteiger partial charge is 0.267 e. The number of para-hydroxylation sites is 1. The molecule has 1 aliphatic heterocycles. The Balaban J connectivity index is 1.68. The molecule has 1 amide bonds. The number of nitrogens with zero attached hydrogens (tertiary/aromatic N) is 2. The van der Waals surface area contributed by atoms with E-state index in [1.165, 1.54) is 11.8 Å². The van der Waals surface area contributed by atoms with Crippen LogP contribution >= 0.6 is 43.6 Å². The molecule has 0 atom stereocenters. The van der Waals surface area contributed by atoms with E-state index >= 15 is 0 Å². The van der Waals surface area contributed by atoms with Crippen LogP contribution < -0.4 is 9.47 Å². The number of benzene rings is 3. The molecule has 0 radical (unpaired) electrons. The van der Waals surface area contributed by atoms with Crippen molar-refractivity contribution in [3.63, 3.8) is 0 Å². The SMILES string of the molecule is CCOc1c(Br)cc(/C=C2\SC(=Nc3ccccc3)N(Cc3ccc(OC)cc3)C2=O)cc1Br. The highest BCUT2D eigenvalue weighted by atomic mass is 79.9. The first-order valence-corrected chi connectivity index (χ1v) is 13.0. The number of carbonyl (C=O) groups is 1. The highest BCUT2D eigenvalue weighted by Crippen LogP contribution is 2.39. The minimum Gasteiger partial charge on any atom is -0.497 e. The van der Waals surface area contributed by atoms with Gasteiger partial charge in [0.2, 0.25) is 0 Å². The number of rotatable bonds is 7. The molecule has 0 unspecified atom stereocenters. The van der Waals surface area contributed by atoms with Crippen molar-refractivity contribution in [2.45, 2.75) is 13.5 Å². The van der Waals surface area contributed by atoms with E-state index in [1.54, 1.807) is 12.0 Å². The number of hydrogen-bond donors (Lipinski definition) is 0. The molecule has 34 heavy (non-hydrogen) atoms. The maximum atomic E-state index is 13.5. The van der Waals surface area contributed by atoms with Gasteiger partial charge in [0.05, 0.1) is 39.8 Å². The lowest BCUT2D eigenvalue weighted by molar-refractivity contribution is -0.122. The van der Waals surface area contributed by atoms with Gasteiger partial charge < -0.3 is 9.47 Å². The number of thioether (sulfide) groups is 1. The van der Waals surface area contributed by atoms with Crippen molar-refractivity contribution in [1.82, 2.24) is 4.90 Å². The van der Waals surface area contributed by atoms with Gasteiger partial charge in [-0.15, -0.1) is 0 Å². The van der Waals surface area contributed by atoms with Crippen molar-refractivity contribution >= 4 is 66.5 Å². The van der Waals surface area contributed by atoms with Crippen LogP contribution in [0.4, 0.5) is 5.69 Å². The van der Waals surface area contributed by atoms with Crippen molar-refractivity contribution in [2.75, 3.05) is 13.7 Å². The van der Waals surface area contributed by atoms with Gasteiger partial charge in [0.1, 0.15) is 11.5 Å². The summed E-state index contributed by atoms with van der Waals surface area (Å²) < 4.78 is 12.6. The van der Waals surface area contributed by atoms with Gasteiger partial charge in [-0.3, -0.25) is 9.69 Å². The summed E-state index contributed by atoms with van der Waals surface area (Å²) in [6.07, 6.45) is 1.88. The second-order valence-corrected chi connectivity index (χ2v) is 10.0. The van der Waals surface area contributed by atoms with Crippen molar-refractivity contribution in [2.24, 2.45) is 4.99 Å². The molecule has 0 N–H and O–H groups in total. The van der Waals surface area contributed by atoms with E-state index in [-0.39, 0.29) is 5.91 Å². The lowest BCUT2D eigenvalue weighted by Gasteiger charge is -2.16. The molecule has 3 aromatic carbocycles. The van der Waals surface area contributed by atoms with Crippen molar-refractivity contribution < 1.29 is 14.3 Å². The summed E-state index contributed by atoms with van der Waals surface area (Å²) in [6.45, 7) is 2.91. The quantitative estimate of drug-likeness (QED) is 0.264. The van der Waals surface area contributed by atoms with Crippen molar-refractivity contribution in [3.05, 3.63) is 91.7 Å². The zero-order valence-corrected chi connectivity index (χ0v) is 22.6. The fourth-order valence-corrected chi connectivity index (χ4v) is 5.80. The normalized spacial score (nSPS) is 15.9. The third-order valence-corrected chi connectivity index (χ3v) is 7.16. The van der Waals surface area contributed by atoms with E-state index in [0.29, 0.717) is 23.2 Å². The van der Waals surface area contributed by atoms with Gasteiger partial charge in [0, 0.05) is 0 Å². The summed E-state index contributed by atoms with van der Waals surface area (Å²) in [6, 6.07) is 21.2. The molecule has 0 aromatic heterocycles. The van der Waals surface area contributed by atoms with Gasteiger partial charge in [-0.1, -0.05) is 30.3 Å². The fourth-order valence-electron chi connectivity index (χ4n) is 3.35. The third-order valence-electron chi connectivity index (χ3n) is 4.98. The molecule has 4 rings (SSSR count). The van der Waals surface area contributed by atoms with Gasteiger partial charge in [-0.2, -0.15) is 0 Å². The summed E-state index contributed by atoms with van der Waals surface area (Å²) in [4.78, 5) is 20.5. The molecule has 5 nitrogen and oxygen atoms in total. The molecule has 0 aliphatic carbocycles. The number of methoxy groups -OCH3 is 1. The molecule has 174 valence electrons. The molecule has 1 fully saturated rings. The Bertz CT molecular complexity index is 1220. The third kappa shape index (κ3) is 5.74. The molecular formula is C26H22Br2N2O3S. The molecule has 3 aromatic rings. The highest BCUT2D eigenvalue weighted by molar-refractivity contribution is 9.11. The van der Waals surface area contributed by atoms with Crippen LogP contribution in [-0.4, -0.2) is 29.7 Å². The van der Waals surface area contributed by atoms with Crippen molar-refractivity contribution in [3.8, 4) is 11.5 Å². The maximum Gasteiger partial charge on any atom is 0.267 e. The standard InChI is InChI=1S/C26H22Br2N2O3S/c1-3-33-24-21(27)13-18(14-22(24)28)15-23-25(31)30(16-17-9-11-20(32-2)12-10-17)26(34-23)29-19-7-5-4-6-8-19/h4-15H,3,16H2,1-2H3/b23-15-,29-26?. The maximum absolute atomic E-state index is 13.5. The number of hydrogen-bond acceptors (Lipinski definition) is 5. The zero-order chi connectivity index (χ0) is 24.1. The lowest BCUT2D eigenvalue weighted by atomic mass is 10.2. The summed E-state index contributed by atoms with van der Waals surface area (Å²) in [5.74, 6) is 1.43. The largest absolute Gasteiger partial charge is 0.497 e. The Morgan fingerprint density at radius 1 is 1.03 bits per heavy atom. The van der Waals surface area contributed by atoms with Crippen LogP contribution in [0.1, 0.15) is 18.1 Å². The van der Waals surface area contributed by atoms with Crippen LogP contribution in [0.5, 0.6) is 11.5 Å². The Morgan fingerprint density at radius 2 is 1.71 bits per heavy atom. The number of halogens is 2. The van der Waals surface area contributed by atoms with E-state index in [9.17, 15) is 4.79 Å². The lowest BCUT2D eigenvalue weighted by Crippen LogP contribution is -2.28. The summed E-state index contributed by atoms with van der Waals surface area (Å²) in [5, 5.41) is 0.641. The van der Waals surface area contributed by atoms with E-state index < -0.39 is 0 Å². The number of amidine groups is 1. The van der Waals surface area contributed by atoms with Crippen LogP contribution in [0.25, 0.3) is 6.08 Å². The second kappa shape index (κ2) is 11.3. The van der Waals surface area contributed by atoms with Crippen LogP contribution in [0, 0.1) is 0 Å². The Kier molecular flexibility index (Phi) is 8.13. The van der Waals surface area contributed by atoms with Crippen LogP contribution in [-0.2, 0) is 11.3 Å². The average Bonchev–Trinajstić information content (AvgIpc) is 3.11. The zero-order valence-electron chi connectivity index (χ0n) is 18.6. The molecule has 1 saturated heterocycles. The minimum atomic E-state index is -0.0865. The molecule has 1 aliphatic rings. The first-order valence-electron chi connectivity index (χ1n) is 10.6. The average molecular weight is 602 g/mol. The van der Waals surface area contributed by atoms with Crippen LogP contribution in [0.15, 0.2) is 85.6 Å². The van der Waals surface area contributed by atoms with Gasteiger partial charge >= 0.3 is 0 Å². The predicted octanol–water partition coefficient (Wildman–Crippen LogP) is 7.42. The number of amides is 1. The first-order chi connectivity index (χ1) is 16.5. The van der Waals surface area contributed by atoms with Gasteiger partial charge in [-0.05, 0) is 104 Å². The summed E-state index contributed by atoms with van der Waals surface area (Å²) in [7, 11) is 1.63. The molecule has 8 heteroatoms. The van der Waals surface area contributed by atoms with Gasteiger partial charge in [0.15, 0.2) is 5.17 Å².